The van der Waals surface area contributed by atoms with Crippen LogP contribution < -0.4 is 4.74 Å². The van der Waals surface area contributed by atoms with Gasteiger partial charge < -0.3 is 9.84 Å². The lowest BCUT2D eigenvalue weighted by atomic mass is 9.84. The van der Waals surface area contributed by atoms with Crippen molar-refractivity contribution in [2.75, 3.05) is 6.61 Å². The van der Waals surface area contributed by atoms with Crippen molar-refractivity contribution in [3.63, 3.8) is 0 Å². The fourth-order valence-electron chi connectivity index (χ4n) is 3.56. The normalized spacial score (nSPS) is 12.3. The summed E-state index contributed by atoms with van der Waals surface area (Å²) in [5, 5.41) is 8.77. The summed E-state index contributed by atoms with van der Waals surface area (Å²) in [6, 6.07) is 10.6. The third-order valence-electron chi connectivity index (χ3n) is 4.79. The van der Waals surface area contributed by atoms with E-state index in [2.05, 4.69) is 59.7 Å². The number of carboxylic acids is 1. The van der Waals surface area contributed by atoms with Gasteiger partial charge in [0.05, 0.1) is 0 Å². The van der Waals surface area contributed by atoms with Gasteiger partial charge in [-0.25, -0.2) is 4.79 Å². The molecule has 0 heterocycles. The molecule has 0 spiro atoms. The summed E-state index contributed by atoms with van der Waals surface area (Å²) in [6.07, 6.45) is 0. The van der Waals surface area contributed by atoms with E-state index in [0.717, 1.165) is 11.1 Å². The predicted octanol–water partition coefficient (Wildman–Crippen LogP) is 5.35. The van der Waals surface area contributed by atoms with Crippen molar-refractivity contribution in [1.82, 2.24) is 0 Å². The van der Waals surface area contributed by atoms with Crippen molar-refractivity contribution >= 4 is 5.97 Å². The predicted molar refractivity (Wildman–Crippen MR) is 102 cm³/mol. The molecular weight excluding hydrogens is 312 g/mol. The van der Waals surface area contributed by atoms with Crippen LogP contribution >= 0.6 is 0 Å². The van der Waals surface area contributed by atoms with Gasteiger partial charge in [0.15, 0.2) is 6.61 Å². The first-order valence-electron chi connectivity index (χ1n) is 8.76. The molecule has 1 atom stereocenters. The molecule has 1 unspecified atom stereocenters. The number of benzene rings is 2. The molecule has 0 aromatic heterocycles. The Kier molecular flexibility index (Phi) is 5.89. The zero-order valence-corrected chi connectivity index (χ0v) is 16.0. The van der Waals surface area contributed by atoms with Gasteiger partial charge in [-0.3, -0.25) is 0 Å². The van der Waals surface area contributed by atoms with Gasteiger partial charge in [-0.1, -0.05) is 39.0 Å². The minimum atomic E-state index is -0.964. The van der Waals surface area contributed by atoms with Crippen molar-refractivity contribution in [2.24, 2.45) is 0 Å². The molecule has 0 bridgehead atoms. The SMILES string of the molecule is Cc1ccc(C(C)c2c(C)cc(OCC(=O)O)cc2C)cc1C(C)C. The van der Waals surface area contributed by atoms with Crippen LogP contribution in [0.25, 0.3) is 0 Å². The van der Waals surface area contributed by atoms with Crippen molar-refractivity contribution in [3.8, 4) is 5.75 Å². The zero-order chi connectivity index (χ0) is 18.7. The number of hydrogen-bond donors (Lipinski definition) is 1. The molecular formula is C22H28O3. The van der Waals surface area contributed by atoms with Crippen LogP contribution in [0.4, 0.5) is 0 Å². The molecule has 0 aliphatic carbocycles. The highest BCUT2D eigenvalue weighted by Crippen LogP contribution is 2.34. The maximum atomic E-state index is 10.7. The van der Waals surface area contributed by atoms with Gasteiger partial charge in [0.1, 0.15) is 5.75 Å². The summed E-state index contributed by atoms with van der Waals surface area (Å²) in [4.78, 5) is 10.7. The van der Waals surface area contributed by atoms with Gasteiger partial charge in [-0.2, -0.15) is 0 Å². The molecule has 0 aliphatic rings. The Morgan fingerprint density at radius 2 is 1.60 bits per heavy atom. The Hall–Kier alpha value is -2.29. The number of rotatable bonds is 6. The largest absolute Gasteiger partial charge is 0.482 e. The highest BCUT2D eigenvalue weighted by molar-refractivity contribution is 5.68. The monoisotopic (exact) mass is 340 g/mol. The average Bonchev–Trinajstić information content (AvgIpc) is 2.52. The quantitative estimate of drug-likeness (QED) is 0.771. The summed E-state index contributed by atoms with van der Waals surface area (Å²) in [6.45, 7) is 12.6. The Morgan fingerprint density at radius 3 is 2.12 bits per heavy atom. The third-order valence-corrected chi connectivity index (χ3v) is 4.79. The first-order valence-corrected chi connectivity index (χ1v) is 8.76. The summed E-state index contributed by atoms with van der Waals surface area (Å²) >= 11 is 0. The minimum Gasteiger partial charge on any atom is -0.482 e. The van der Waals surface area contributed by atoms with Crippen LogP contribution in [0.15, 0.2) is 30.3 Å². The lowest BCUT2D eigenvalue weighted by molar-refractivity contribution is -0.139. The van der Waals surface area contributed by atoms with Crippen molar-refractivity contribution in [1.29, 1.82) is 0 Å². The molecule has 134 valence electrons. The van der Waals surface area contributed by atoms with Gasteiger partial charge in [0.2, 0.25) is 0 Å². The highest BCUT2D eigenvalue weighted by atomic mass is 16.5. The zero-order valence-electron chi connectivity index (χ0n) is 16.0. The van der Waals surface area contributed by atoms with Crippen molar-refractivity contribution in [3.05, 3.63) is 63.7 Å². The van der Waals surface area contributed by atoms with Crippen LogP contribution in [0.5, 0.6) is 5.75 Å². The Balaban J connectivity index is 2.38. The van der Waals surface area contributed by atoms with Gasteiger partial charge in [0.25, 0.3) is 0 Å². The Labute approximate surface area is 150 Å². The average molecular weight is 340 g/mol. The second kappa shape index (κ2) is 7.73. The summed E-state index contributed by atoms with van der Waals surface area (Å²) in [7, 11) is 0. The molecule has 0 aliphatic heterocycles. The van der Waals surface area contributed by atoms with Crippen LogP contribution in [-0.2, 0) is 4.79 Å². The highest BCUT2D eigenvalue weighted by Gasteiger charge is 2.17. The first kappa shape index (κ1) is 19.0. The lowest BCUT2D eigenvalue weighted by Crippen LogP contribution is -2.10. The number of carbonyl (C=O) groups is 1. The molecule has 25 heavy (non-hydrogen) atoms. The van der Waals surface area contributed by atoms with E-state index in [0.29, 0.717) is 11.7 Å². The Morgan fingerprint density at radius 1 is 1.00 bits per heavy atom. The van der Waals surface area contributed by atoms with Crippen LogP contribution in [0, 0.1) is 20.8 Å². The van der Waals surface area contributed by atoms with E-state index in [9.17, 15) is 4.79 Å². The summed E-state index contributed by atoms with van der Waals surface area (Å²) in [5.41, 5.74) is 7.55. The first-order chi connectivity index (χ1) is 11.7. The van der Waals surface area contributed by atoms with Gasteiger partial charge in [0, 0.05) is 5.92 Å². The summed E-state index contributed by atoms with van der Waals surface area (Å²) in [5.74, 6) is 0.418. The third kappa shape index (κ3) is 4.41. The molecule has 0 amide bonds. The number of carboxylic acid groups (broad SMARTS) is 1. The molecule has 0 fully saturated rings. The standard InChI is InChI=1S/C22H28O3/c1-13(2)20-11-18(8-7-14(20)3)17(6)22-15(4)9-19(10-16(22)5)25-12-21(23)24/h7-11,13,17H,12H2,1-6H3,(H,23,24). The topological polar surface area (TPSA) is 46.5 Å². The van der Waals surface area contributed by atoms with E-state index in [4.69, 9.17) is 9.84 Å². The number of ether oxygens (including phenoxy) is 1. The minimum absolute atomic E-state index is 0.270. The van der Waals surface area contributed by atoms with Gasteiger partial charge >= 0.3 is 5.97 Å². The van der Waals surface area contributed by atoms with E-state index in [1.54, 1.807) is 0 Å². The molecule has 0 saturated heterocycles. The van der Waals surface area contributed by atoms with Crippen LogP contribution in [0.2, 0.25) is 0 Å². The molecule has 0 radical (unpaired) electrons. The molecule has 0 saturated carbocycles. The summed E-state index contributed by atoms with van der Waals surface area (Å²) < 4.78 is 5.34. The van der Waals surface area contributed by atoms with Crippen LogP contribution in [0.1, 0.15) is 66.0 Å². The fraction of sp³-hybridized carbons (Fsp3) is 0.409. The van der Waals surface area contributed by atoms with Crippen LogP contribution in [-0.4, -0.2) is 17.7 Å². The second-order valence-corrected chi connectivity index (χ2v) is 7.15. The number of aryl methyl sites for hydroxylation is 3. The lowest BCUT2D eigenvalue weighted by Gasteiger charge is -2.21. The van der Waals surface area contributed by atoms with Crippen molar-refractivity contribution in [2.45, 2.75) is 53.4 Å². The van der Waals surface area contributed by atoms with Gasteiger partial charge in [-0.05, 0) is 72.2 Å². The van der Waals surface area contributed by atoms with E-state index in [-0.39, 0.29) is 12.5 Å². The maximum Gasteiger partial charge on any atom is 0.341 e. The Bertz CT molecular complexity index is 752. The van der Waals surface area contributed by atoms with Gasteiger partial charge in [-0.15, -0.1) is 0 Å². The molecule has 2 rings (SSSR count). The van der Waals surface area contributed by atoms with E-state index in [1.807, 2.05) is 12.1 Å². The smallest absolute Gasteiger partial charge is 0.341 e. The van der Waals surface area contributed by atoms with Crippen molar-refractivity contribution < 1.29 is 14.6 Å². The molecule has 3 heteroatoms. The number of aliphatic carboxylic acids is 1. The fourth-order valence-corrected chi connectivity index (χ4v) is 3.56. The molecule has 2 aromatic carbocycles. The number of hydrogen-bond acceptors (Lipinski definition) is 2. The molecule has 3 nitrogen and oxygen atoms in total. The van der Waals surface area contributed by atoms with E-state index < -0.39 is 5.97 Å². The molecule has 2 aromatic rings. The van der Waals surface area contributed by atoms with E-state index >= 15 is 0 Å². The van der Waals surface area contributed by atoms with E-state index in [1.165, 1.54) is 22.3 Å². The van der Waals surface area contributed by atoms with Crippen LogP contribution in [0.3, 0.4) is 0 Å². The second-order valence-electron chi connectivity index (χ2n) is 7.15. The maximum absolute atomic E-state index is 10.7. The molecule has 1 N–H and O–H groups in total.